The number of aliphatic hydroxyl groups excluding tert-OH is 1. The highest BCUT2D eigenvalue weighted by Gasteiger charge is 2.07. The highest BCUT2D eigenvalue weighted by Crippen LogP contribution is 2.22. The van der Waals surface area contributed by atoms with Crippen LogP contribution in [0.5, 0.6) is 0 Å². The average molecular weight is 201 g/mol. The second-order valence-corrected chi connectivity index (χ2v) is 3.12. The Hall–Kier alpha value is -0.860. The van der Waals surface area contributed by atoms with E-state index in [4.69, 9.17) is 11.6 Å². The molecule has 0 amide bonds. The van der Waals surface area contributed by atoms with Crippen molar-refractivity contribution in [1.82, 2.24) is 0 Å². The predicted molar refractivity (Wildman–Crippen MR) is 51.2 cm³/mol. The normalized spacial score (nSPS) is 12.5. The van der Waals surface area contributed by atoms with Gasteiger partial charge in [0, 0.05) is 0 Å². The molecule has 0 aliphatic carbocycles. The first kappa shape index (κ1) is 10.2. The molecular weight excluding hydrogens is 191 g/mol. The standard InChI is InChI=1S/C10H10ClFO/c1-2-3-10(13)7-4-5-9(12)8(11)6-7/h2,4-6,10,13H,1,3H2/t10-/m0/s1. The van der Waals surface area contributed by atoms with Gasteiger partial charge >= 0.3 is 0 Å². The fraction of sp³-hybridized carbons (Fsp3) is 0.200. The zero-order chi connectivity index (χ0) is 9.84. The van der Waals surface area contributed by atoms with Gasteiger partial charge in [-0.25, -0.2) is 4.39 Å². The molecule has 0 heterocycles. The summed E-state index contributed by atoms with van der Waals surface area (Å²) >= 11 is 5.55. The van der Waals surface area contributed by atoms with Crippen LogP contribution in [-0.2, 0) is 0 Å². The van der Waals surface area contributed by atoms with Crippen LogP contribution in [0.2, 0.25) is 5.02 Å². The van der Waals surface area contributed by atoms with E-state index in [1.54, 1.807) is 6.08 Å². The van der Waals surface area contributed by atoms with Crippen molar-refractivity contribution >= 4 is 11.6 Å². The molecule has 1 N–H and O–H groups in total. The third-order valence-electron chi connectivity index (χ3n) is 1.72. The van der Waals surface area contributed by atoms with E-state index in [2.05, 4.69) is 6.58 Å². The summed E-state index contributed by atoms with van der Waals surface area (Å²) in [5, 5.41) is 9.51. The van der Waals surface area contributed by atoms with Gasteiger partial charge in [0.2, 0.25) is 0 Å². The Morgan fingerprint density at radius 3 is 2.85 bits per heavy atom. The van der Waals surface area contributed by atoms with Crippen LogP contribution in [0.25, 0.3) is 0 Å². The molecule has 1 rings (SSSR count). The Balaban J connectivity index is 2.89. The molecule has 3 heteroatoms. The average Bonchev–Trinajstić information content (AvgIpc) is 2.10. The third-order valence-corrected chi connectivity index (χ3v) is 2.01. The Bertz CT molecular complexity index is 312. The number of halogens is 2. The molecule has 1 atom stereocenters. The minimum Gasteiger partial charge on any atom is -0.388 e. The maximum Gasteiger partial charge on any atom is 0.141 e. The maximum absolute atomic E-state index is 12.7. The largest absolute Gasteiger partial charge is 0.388 e. The van der Waals surface area contributed by atoms with Crippen molar-refractivity contribution in [3.63, 3.8) is 0 Å². The summed E-state index contributed by atoms with van der Waals surface area (Å²) in [6, 6.07) is 4.17. The molecule has 13 heavy (non-hydrogen) atoms. The fourth-order valence-electron chi connectivity index (χ4n) is 1.01. The first-order chi connectivity index (χ1) is 6.15. The Morgan fingerprint density at radius 2 is 2.31 bits per heavy atom. The van der Waals surface area contributed by atoms with Crippen molar-refractivity contribution < 1.29 is 9.50 Å². The van der Waals surface area contributed by atoms with Crippen LogP contribution in [0, 0.1) is 5.82 Å². The van der Waals surface area contributed by atoms with Crippen molar-refractivity contribution in [3.8, 4) is 0 Å². The summed E-state index contributed by atoms with van der Waals surface area (Å²) in [6.45, 7) is 3.50. The van der Waals surface area contributed by atoms with E-state index < -0.39 is 11.9 Å². The quantitative estimate of drug-likeness (QED) is 0.744. The maximum atomic E-state index is 12.7. The topological polar surface area (TPSA) is 20.2 Å². The lowest BCUT2D eigenvalue weighted by Gasteiger charge is -2.08. The highest BCUT2D eigenvalue weighted by atomic mass is 35.5. The van der Waals surface area contributed by atoms with Crippen LogP contribution in [0.3, 0.4) is 0 Å². The van der Waals surface area contributed by atoms with Gasteiger partial charge in [-0.2, -0.15) is 0 Å². The van der Waals surface area contributed by atoms with Crippen molar-refractivity contribution in [2.75, 3.05) is 0 Å². The zero-order valence-corrected chi connectivity index (χ0v) is 7.76. The molecule has 0 spiro atoms. The molecule has 0 radical (unpaired) electrons. The molecule has 0 fully saturated rings. The van der Waals surface area contributed by atoms with Crippen LogP contribution >= 0.6 is 11.6 Å². The molecule has 0 aliphatic heterocycles. The Kier molecular flexibility index (Phi) is 3.46. The van der Waals surface area contributed by atoms with E-state index in [1.165, 1.54) is 18.2 Å². The number of rotatable bonds is 3. The van der Waals surface area contributed by atoms with Gasteiger partial charge < -0.3 is 5.11 Å². The number of hydrogen-bond acceptors (Lipinski definition) is 1. The van der Waals surface area contributed by atoms with Crippen LogP contribution in [0.1, 0.15) is 18.1 Å². The molecule has 0 unspecified atom stereocenters. The predicted octanol–water partition coefficient (Wildman–Crippen LogP) is 3.09. The smallest absolute Gasteiger partial charge is 0.141 e. The molecular formula is C10H10ClFO. The Labute approximate surface area is 81.5 Å². The minimum atomic E-state index is -0.657. The van der Waals surface area contributed by atoms with Gasteiger partial charge in [0.25, 0.3) is 0 Å². The molecule has 0 saturated heterocycles. The summed E-state index contributed by atoms with van der Waals surface area (Å²) in [6.07, 6.45) is 1.37. The molecule has 1 aromatic rings. The summed E-state index contributed by atoms with van der Waals surface area (Å²) in [7, 11) is 0. The summed E-state index contributed by atoms with van der Waals surface area (Å²) in [4.78, 5) is 0. The van der Waals surface area contributed by atoms with Crippen molar-refractivity contribution in [2.24, 2.45) is 0 Å². The van der Waals surface area contributed by atoms with Crippen molar-refractivity contribution in [1.29, 1.82) is 0 Å². The summed E-state index contributed by atoms with van der Waals surface area (Å²) in [5.74, 6) is -0.476. The number of aliphatic hydroxyl groups is 1. The lowest BCUT2D eigenvalue weighted by atomic mass is 10.1. The Morgan fingerprint density at radius 1 is 1.62 bits per heavy atom. The SMILES string of the molecule is C=CC[C@H](O)c1ccc(F)c(Cl)c1. The van der Waals surface area contributed by atoms with Gasteiger partial charge in [0.05, 0.1) is 11.1 Å². The van der Waals surface area contributed by atoms with Gasteiger partial charge in [0.15, 0.2) is 0 Å². The number of benzene rings is 1. The molecule has 0 bridgehead atoms. The second kappa shape index (κ2) is 4.40. The molecule has 1 nitrogen and oxygen atoms in total. The lowest BCUT2D eigenvalue weighted by Crippen LogP contribution is -1.95. The monoisotopic (exact) mass is 200 g/mol. The van der Waals surface area contributed by atoms with E-state index >= 15 is 0 Å². The third kappa shape index (κ3) is 2.54. The van der Waals surface area contributed by atoms with Gasteiger partial charge in [0.1, 0.15) is 5.82 Å². The van der Waals surface area contributed by atoms with Gasteiger partial charge in [-0.15, -0.1) is 6.58 Å². The molecule has 0 aliphatic rings. The lowest BCUT2D eigenvalue weighted by molar-refractivity contribution is 0.181. The van der Waals surface area contributed by atoms with Crippen molar-refractivity contribution in [2.45, 2.75) is 12.5 Å². The fourth-order valence-corrected chi connectivity index (χ4v) is 1.20. The first-order valence-electron chi connectivity index (χ1n) is 3.89. The first-order valence-corrected chi connectivity index (χ1v) is 4.27. The van der Waals surface area contributed by atoms with Crippen molar-refractivity contribution in [3.05, 3.63) is 47.3 Å². The van der Waals surface area contributed by atoms with Crippen LogP contribution in [0.15, 0.2) is 30.9 Å². The van der Waals surface area contributed by atoms with Crippen LogP contribution in [-0.4, -0.2) is 5.11 Å². The van der Waals surface area contributed by atoms with Gasteiger partial charge in [-0.1, -0.05) is 23.7 Å². The van der Waals surface area contributed by atoms with E-state index in [0.717, 1.165) is 0 Å². The highest BCUT2D eigenvalue weighted by molar-refractivity contribution is 6.30. The second-order valence-electron chi connectivity index (χ2n) is 2.71. The summed E-state index contributed by atoms with van der Waals surface area (Å²) in [5.41, 5.74) is 0.603. The molecule has 0 aromatic heterocycles. The number of hydrogen-bond donors (Lipinski definition) is 1. The van der Waals surface area contributed by atoms with Gasteiger partial charge in [-0.3, -0.25) is 0 Å². The zero-order valence-electron chi connectivity index (χ0n) is 7.00. The molecule has 70 valence electrons. The van der Waals surface area contributed by atoms with E-state index in [-0.39, 0.29) is 5.02 Å². The van der Waals surface area contributed by atoms with E-state index in [1.807, 2.05) is 0 Å². The minimum absolute atomic E-state index is 0.0283. The van der Waals surface area contributed by atoms with E-state index in [9.17, 15) is 9.50 Å². The van der Waals surface area contributed by atoms with Crippen LogP contribution < -0.4 is 0 Å². The van der Waals surface area contributed by atoms with E-state index in [0.29, 0.717) is 12.0 Å². The molecule has 1 aromatic carbocycles. The summed E-state index contributed by atoms with van der Waals surface area (Å²) < 4.78 is 12.7. The van der Waals surface area contributed by atoms with Gasteiger partial charge in [-0.05, 0) is 24.1 Å². The molecule has 0 saturated carbocycles. The van der Waals surface area contributed by atoms with Crippen LogP contribution in [0.4, 0.5) is 4.39 Å².